The second-order valence-electron chi connectivity index (χ2n) is 32.4. The Kier molecular flexibility index (Phi) is 62.8. The number of unbranched alkanes of at least 4 members (excludes halogenated alkanes) is 43. The molecule has 1 aliphatic carbocycles. The number of phosphoric ester groups is 1. The first kappa shape index (κ1) is 106. The lowest BCUT2D eigenvalue weighted by atomic mass is 9.84. The van der Waals surface area contributed by atoms with Crippen LogP contribution in [0, 0.1) is 0 Å². The molecule has 0 aromatic rings. The standard InChI is InChI=1S/C89H161O25P/c1-5-9-13-17-21-25-29-33-35-39-42-46-50-54-58-62-73(92)106-68-71-77(96)79(98)83(102)89(110-71)113-86-84(111-75(94)64-60-56-52-48-43-38-32-28-24-20-16-12-8-4)80(99)81(100)85(112-88-82(101)78(97)76(95)70(65-90)109-88)87(86)114-115(103,104)107-67-69(66-105-72(91)61-57-53-49-45-41-37-31-27-23-19-15-11-7-3)108-74(93)63-59-55-51-47-44-40-36-34-30-26-22-18-14-10-6-2/h25-26,29-30,37,41,69-71,76-90,95-102H,5-24,27-28,31-36,38-40,42-68H2,1-4H3,(H,103,104)/b29-25-,30-26-,41-37-. The Hall–Kier alpha value is -3.31. The Morgan fingerprint density at radius 2 is 0.652 bits per heavy atom. The van der Waals surface area contributed by atoms with Crippen LogP contribution in [-0.2, 0) is 70.7 Å². The SMILES string of the molecule is CCCCCC/C=C\CCCCCCCCCC(=O)OCC1OC(OC2C(OC(=O)CCCCCCCCCCCCCCC)C(O)C(O)C(OC3OC(CO)C(O)C(O)C3O)C2OP(=O)(O)OCC(COC(=O)CCCCC/C=C\CCCCCCCC)OC(=O)CCCCCCCCC/C=C\CCCCCC)C(O)C(O)C1O. The fourth-order valence-electron chi connectivity index (χ4n) is 14.8. The molecule has 0 amide bonds. The Bertz CT molecular complexity index is 2540. The molecule has 0 aromatic heterocycles. The van der Waals surface area contributed by atoms with E-state index in [1.54, 1.807) is 0 Å². The van der Waals surface area contributed by atoms with E-state index in [1.807, 2.05) is 0 Å². The lowest BCUT2D eigenvalue weighted by Gasteiger charge is -2.50. The van der Waals surface area contributed by atoms with E-state index < -0.39 is 162 Å². The van der Waals surface area contributed by atoms with E-state index in [0.717, 1.165) is 161 Å². The van der Waals surface area contributed by atoms with Crippen LogP contribution in [0.3, 0.4) is 0 Å². The van der Waals surface area contributed by atoms with E-state index in [-0.39, 0.29) is 25.7 Å². The summed E-state index contributed by atoms with van der Waals surface area (Å²) in [6, 6.07) is 0. The molecule has 18 unspecified atom stereocenters. The van der Waals surface area contributed by atoms with Crippen molar-refractivity contribution in [3.05, 3.63) is 36.5 Å². The molecule has 2 heterocycles. The minimum absolute atomic E-state index is 0.00811. The van der Waals surface area contributed by atoms with E-state index in [2.05, 4.69) is 64.2 Å². The van der Waals surface area contributed by atoms with Gasteiger partial charge in [0.05, 0.1) is 13.2 Å². The number of hydrogen-bond donors (Lipinski definition) is 10. The molecule has 3 fully saturated rings. The molecule has 672 valence electrons. The summed E-state index contributed by atoms with van der Waals surface area (Å²) in [5.74, 6) is -3.00. The molecule has 25 nitrogen and oxygen atoms in total. The predicted octanol–water partition coefficient (Wildman–Crippen LogP) is 16.3. The van der Waals surface area contributed by atoms with Crippen LogP contribution in [0.1, 0.15) is 374 Å². The molecule has 115 heavy (non-hydrogen) atoms. The van der Waals surface area contributed by atoms with Gasteiger partial charge in [-0.3, -0.25) is 28.2 Å². The number of carbonyl (C=O) groups excluding carboxylic acids is 4. The van der Waals surface area contributed by atoms with E-state index in [4.69, 9.17) is 46.9 Å². The summed E-state index contributed by atoms with van der Waals surface area (Å²) in [4.78, 5) is 66.3. The molecule has 26 heteroatoms. The van der Waals surface area contributed by atoms with Crippen molar-refractivity contribution in [1.82, 2.24) is 0 Å². The molecule has 0 bridgehead atoms. The van der Waals surface area contributed by atoms with Crippen molar-refractivity contribution in [2.75, 3.05) is 26.4 Å². The first-order chi connectivity index (χ1) is 55.7. The van der Waals surface area contributed by atoms with Gasteiger partial charge >= 0.3 is 31.7 Å². The van der Waals surface area contributed by atoms with E-state index in [9.17, 15) is 74.6 Å². The Morgan fingerprint density at radius 1 is 0.339 bits per heavy atom. The van der Waals surface area contributed by atoms with Gasteiger partial charge in [-0.15, -0.1) is 0 Å². The number of allylic oxidation sites excluding steroid dienone is 6. The number of hydrogen-bond acceptors (Lipinski definition) is 24. The van der Waals surface area contributed by atoms with Gasteiger partial charge in [0.2, 0.25) is 0 Å². The Labute approximate surface area is 691 Å². The van der Waals surface area contributed by atoms with Crippen LogP contribution in [0.5, 0.6) is 0 Å². The van der Waals surface area contributed by atoms with E-state index >= 15 is 0 Å². The van der Waals surface area contributed by atoms with E-state index in [1.165, 1.54) is 122 Å². The number of rotatable bonds is 73. The first-order valence-corrected chi connectivity index (χ1v) is 47.2. The van der Waals surface area contributed by atoms with Crippen molar-refractivity contribution in [2.45, 2.75) is 479 Å². The second-order valence-corrected chi connectivity index (χ2v) is 33.9. The third-order valence-corrected chi connectivity index (χ3v) is 23.1. The maximum atomic E-state index is 14.9. The van der Waals surface area contributed by atoms with Crippen molar-refractivity contribution in [1.29, 1.82) is 0 Å². The highest BCUT2D eigenvalue weighted by Gasteiger charge is 2.60. The lowest BCUT2D eigenvalue weighted by molar-refractivity contribution is -0.360. The van der Waals surface area contributed by atoms with Crippen LogP contribution in [0.2, 0.25) is 0 Å². The average Bonchev–Trinajstić information content (AvgIpc) is 0.756. The molecule has 0 spiro atoms. The van der Waals surface area contributed by atoms with Gasteiger partial charge in [0.1, 0.15) is 92.6 Å². The third-order valence-electron chi connectivity index (χ3n) is 22.1. The fraction of sp³-hybridized carbons (Fsp3) is 0.888. The molecule has 3 rings (SSSR count). The van der Waals surface area contributed by atoms with Gasteiger partial charge < -0.3 is 88.7 Å². The summed E-state index contributed by atoms with van der Waals surface area (Å²) in [7, 11) is -5.81. The van der Waals surface area contributed by atoms with Gasteiger partial charge in [-0.1, -0.05) is 282 Å². The summed E-state index contributed by atoms with van der Waals surface area (Å²) in [6.45, 7) is 5.52. The molecule has 3 aliphatic rings. The molecule has 1 saturated carbocycles. The van der Waals surface area contributed by atoms with Crippen LogP contribution < -0.4 is 0 Å². The monoisotopic (exact) mass is 1660 g/mol. The smallest absolute Gasteiger partial charge is 0.463 e. The van der Waals surface area contributed by atoms with Gasteiger partial charge in [-0.05, 0) is 103 Å². The zero-order chi connectivity index (χ0) is 84.0. The minimum Gasteiger partial charge on any atom is -0.463 e. The Balaban J connectivity index is 1.93. The number of aliphatic hydroxyl groups excluding tert-OH is 9. The molecule has 2 saturated heterocycles. The quantitative estimate of drug-likeness (QED) is 0.00889. The van der Waals surface area contributed by atoms with Crippen LogP contribution in [0.4, 0.5) is 0 Å². The van der Waals surface area contributed by atoms with Crippen molar-refractivity contribution in [3.8, 4) is 0 Å². The highest BCUT2D eigenvalue weighted by atomic mass is 31.2. The summed E-state index contributed by atoms with van der Waals surface area (Å²) in [6.07, 6.45) is 28.7. The lowest BCUT2D eigenvalue weighted by Crippen LogP contribution is -2.70. The number of ether oxygens (including phenoxy) is 8. The highest BCUT2D eigenvalue weighted by molar-refractivity contribution is 7.47. The van der Waals surface area contributed by atoms with Crippen LogP contribution in [0.25, 0.3) is 0 Å². The van der Waals surface area contributed by atoms with Crippen molar-refractivity contribution < 1.29 is 122 Å². The maximum absolute atomic E-state index is 14.9. The molecule has 2 aliphatic heterocycles. The molecule has 10 N–H and O–H groups in total. The molecule has 18 atom stereocenters. The van der Waals surface area contributed by atoms with Crippen LogP contribution in [0.15, 0.2) is 36.5 Å². The van der Waals surface area contributed by atoms with Crippen LogP contribution >= 0.6 is 7.82 Å². The minimum atomic E-state index is -5.81. The average molecular weight is 1660 g/mol. The Morgan fingerprint density at radius 3 is 1.05 bits per heavy atom. The summed E-state index contributed by atoms with van der Waals surface area (Å²) >= 11 is 0. The summed E-state index contributed by atoms with van der Waals surface area (Å²) < 4.78 is 73.3. The zero-order valence-electron chi connectivity index (χ0n) is 71.3. The fourth-order valence-corrected chi connectivity index (χ4v) is 15.7. The van der Waals surface area contributed by atoms with Crippen LogP contribution in [-0.4, -0.2) is 205 Å². The number of esters is 4. The largest absolute Gasteiger partial charge is 0.472 e. The third kappa shape index (κ3) is 48.8. The number of carbonyl (C=O) groups is 4. The maximum Gasteiger partial charge on any atom is 0.472 e. The van der Waals surface area contributed by atoms with Gasteiger partial charge in [-0.25, -0.2) is 4.57 Å². The zero-order valence-corrected chi connectivity index (χ0v) is 72.2. The van der Waals surface area contributed by atoms with Crippen molar-refractivity contribution in [2.24, 2.45) is 0 Å². The second kappa shape index (κ2) is 68.3. The first-order valence-electron chi connectivity index (χ1n) is 45.7. The molecule has 0 aromatic carbocycles. The molecular weight excluding hydrogens is 1500 g/mol. The van der Waals surface area contributed by atoms with Gasteiger partial charge in [0.25, 0.3) is 0 Å². The summed E-state index contributed by atoms with van der Waals surface area (Å²) in [5, 5.41) is 102. The summed E-state index contributed by atoms with van der Waals surface area (Å²) in [5.41, 5.74) is 0. The molecular formula is C89H161O25P. The highest BCUT2D eigenvalue weighted by Crippen LogP contribution is 2.49. The van der Waals surface area contributed by atoms with Gasteiger partial charge in [-0.2, -0.15) is 0 Å². The number of aliphatic hydroxyl groups is 9. The van der Waals surface area contributed by atoms with E-state index in [0.29, 0.717) is 38.5 Å². The van der Waals surface area contributed by atoms with Gasteiger partial charge in [0, 0.05) is 25.7 Å². The van der Waals surface area contributed by atoms with Crippen molar-refractivity contribution in [3.63, 3.8) is 0 Å². The normalized spacial score (nSPS) is 25.4. The predicted molar refractivity (Wildman–Crippen MR) is 444 cm³/mol. The van der Waals surface area contributed by atoms with Crippen molar-refractivity contribution >= 4 is 31.7 Å². The molecule has 0 radical (unpaired) electrons. The number of phosphoric acid groups is 1. The van der Waals surface area contributed by atoms with Gasteiger partial charge in [0.15, 0.2) is 24.8 Å². The topological polar surface area (TPSA) is 380 Å².